The van der Waals surface area contributed by atoms with E-state index in [4.69, 9.17) is 10.9 Å². The van der Waals surface area contributed by atoms with Gasteiger partial charge >= 0.3 is 5.97 Å². The van der Waals surface area contributed by atoms with E-state index in [1.165, 1.54) is 12.1 Å². The first-order valence-corrected chi connectivity index (χ1v) is 5.18. The minimum atomic E-state index is -1.36. The van der Waals surface area contributed by atoms with Crippen molar-refractivity contribution in [2.75, 3.05) is 0 Å². The summed E-state index contributed by atoms with van der Waals surface area (Å²) in [6, 6.07) is 4.39. The summed E-state index contributed by atoms with van der Waals surface area (Å²) >= 11 is 0. The zero-order valence-corrected chi connectivity index (χ0v) is 9.47. The number of rotatable bonds is 5. The van der Waals surface area contributed by atoms with Crippen LogP contribution < -0.4 is 11.3 Å². The molecule has 1 unspecified atom stereocenters. The highest BCUT2D eigenvalue weighted by Gasteiger charge is 2.36. The molecule has 1 aromatic carbocycles. The first-order chi connectivity index (χ1) is 7.96. The van der Waals surface area contributed by atoms with Crippen LogP contribution in [0.25, 0.3) is 0 Å². The largest absolute Gasteiger partial charge is 0.504 e. The molecule has 0 aliphatic heterocycles. The number of carbonyl (C=O) groups is 1. The van der Waals surface area contributed by atoms with Crippen molar-refractivity contribution in [2.45, 2.75) is 25.3 Å². The SMILES string of the molecule is CCC(Cc1cccc(O)c1O)(NN)C(=O)O. The van der Waals surface area contributed by atoms with E-state index in [-0.39, 0.29) is 24.3 Å². The molecule has 0 saturated carbocycles. The number of phenolic OH excluding ortho intramolecular Hbond substituents is 2. The van der Waals surface area contributed by atoms with E-state index >= 15 is 0 Å². The molecule has 0 fully saturated rings. The molecular formula is C11H16N2O4. The maximum absolute atomic E-state index is 11.2. The summed E-state index contributed by atoms with van der Waals surface area (Å²) in [6.45, 7) is 1.67. The Morgan fingerprint density at radius 1 is 1.47 bits per heavy atom. The molecule has 0 aliphatic carbocycles. The van der Waals surface area contributed by atoms with Crippen LogP contribution in [0, 0.1) is 0 Å². The third-order valence-corrected chi connectivity index (χ3v) is 2.88. The summed E-state index contributed by atoms with van der Waals surface area (Å²) < 4.78 is 0. The molecule has 6 nitrogen and oxygen atoms in total. The van der Waals surface area contributed by atoms with E-state index in [9.17, 15) is 15.0 Å². The molecule has 0 saturated heterocycles. The zero-order valence-electron chi connectivity index (χ0n) is 9.47. The van der Waals surface area contributed by atoms with Gasteiger partial charge in [-0.05, 0) is 12.5 Å². The van der Waals surface area contributed by atoms with E-state index < -0.39 is 11.5 Å². The average Bonchev–Trinajstić information content (AvgIpc) is 2.31. The predicted molar refractivity (Wildman–Crippen MR) is 61.5 cm³/mol. The lowest BCUT2D eigenvalue weighted by Crippen LogP contribution is -2.56. The number of hydrogen-bond acceptors (Lipinski definition) is 5. The van der Waals surface area contributed by atoms with Crippen molar-refractivity contribution < 1.29 is 20.1 Å². The number of hydrazine groups is 1. The number of nitrogens with two attached hydrogens (primary N) is 1. The number of phenols is 2. The molecule has 0 amide bonds. The van der Waals surface area contributed by atoms with Crippen molar-refractivity contribution in [2.24, 2.45) is 5.84 Å². The Morgan fingerprint density at radius 3 is 2.59 bits per heavy atom. The van der Waals surface area contributed by atoms with E-state index in [0.717, 1.165) is 0 Å². The smallest absolute Gasteiger partial charge is 0.325 e. The number of hydrogen-bond donors (Lipinski definition) is 5. The average molecular weight is 240 g/mol. The Kier molecular flexibility index (Phi) is 3.93. The molecule has 0 aliphatic rings. The Labute approximate surface area is 98.7 Å². The number of nitrogens with one attached hydrogen (secondary N) is 1. The van der Waals surface area contributed by atoms with Crippen LogP contribution in [0.1, 0.15) is 18.9 Å². The van der Waals surface area contributed by atoms with Crippen LogP contribution in [0.5, 0.6) is 11.5 Å². The normalized spacial score (nSPS) is 14.2. The second kappa shape index (κ2) is 5.03. The van der Waals surface area contributed by atoms with E-state index in [2.05, 4.69) is 5.43 Å². The van der Waals surface area contributed by atoms with E-state index in [0.29, 0.717) is 5.56 Å². The molecule has 0 heterocycles. The summed E-state index contributed by atoms with van der Waals surface area (Å²) in [4.78, 5) is 11.2. The molecule has 0 spiro atoms. The summed E-state index contributed by atoms with van der Waals surface area (Å²) in [5, 5.41) is 28.1. The van der Waals surface area contributed by atoms with Crippen molar-refractivity contribution in [1.29, 1.82) is 0 Å². The van der Waals surface area contributed by atoms with Gasteiger partial charge < -0.3 is 15.3 Å². The molecule has 94 valence electrons. The van der Waals surface area contributed by atoms with Gasteiger partial charge in [-0.25, -0.2) is 5.43 Å². The fourth-order valence-corrected chi connectivity index (χ4v) is 1.61. The van der Waals surface area contributed by atoms with Gasteiger partial charge in [0.15, 0.2) is 11.5 Å². The first kappa shape index (κ1) is 13.3. The van der Waals surface area contributed by atoms with Gasteiger partial charge in [0.25, 0.3) is 0 Å². The molecular weight excluding hydrogens is 224 g/mol. The molecule has 6 N–H and O–H groups in total. The minimum absolute atomic E-state index is 0.0183. The highest BCUT2D eigenvalue weighted by molar-refractivity contribution is 5.79. The second-order valence-electron chi connectivity index (χ2n) is 3.85. The number of aliphatic carboxylic acids is 1. The van der Waals surface area contributed by atoms with Crippen LogP contribution in [0.15, 0.2) is 18.2 Å². The lowest BCUT2D eigenvalue weighted by atomic mass is 9.88. The number of aromatic hydroxyl groups is 2. The summed E-state index contributed by atoms with van der Waals surface area (Å²) in [6.07, 6.45) is 0.226. The standard InChI is InChI=1S/C11H16N2O4/c1-2-11(13-12,10(16)17)6-7-4-3-5-8(14)9(7)15/h3-5,13-15H,2,6,12H2,1H3,(H,16,17). The number of carboxylic acids is 1. The monoisotopic (exact) mass is 240 g/mol. The van der Waals surface area contributed by atoms with E-state index in [1.54, 1.807) is 13.0 Å². The highest BCUT2D eigenvalue weighted by Crippen LogP contribution is 2.31. The predicted octanol–water partition coefficient (Wildman–Crippen LogP) is 0.337. The molecule has 0 aromatic heterocycles. The molecule has 0 radical (unpaired) electrons. The molecule has 6 heteroatoms. The fourth-order valence-electron chi connectivity index (χ4n) is 1.61. The van der Waals surface area contributed by atoms with Gasteiger partial charge in [0, 0.05) is 12.0 Å². The third-order valence-electron chi connectivity index (χ3n) is 2.88. The highest BCUT2D eigenvalue weighted by atomic mass is 16.4. The molecule has 1 rings (SSSR count). The van der Waals surface area contributed by atoms with Gasteiger partial charge in [0.1, 0.15) is 5.54 Å². The Morgan fingerprint density at radius 2 is 2.12 bits per heavy atom. The molecule has 0 bridgehead atoms. The van der Waals surface area contributed by atoms with Gasteiger partial charge in [0.05, 0.1) is 0 Å². The van der Waals surface area contributed by atoms with Gasteiger partial charge in [-0.15, -0.1) is 0 Å². The number of para-hydroxylation sites is 1. The fraction of sp³-hybridized carbons (Fsp3) is 0.364. The Balaban J connectivity index is 3.10. The topological polar surface area (TPSA) is 116 Å². The third kappa shape index (κ3) is 2.48. The first-order valence-electron chi connectivity index (χ1n) is 5.18. The molecule has 1 atom stereocenters. The van der Waals surface area contributed by atoms with Crippen LogP contribution >= 0.6 is 0 Å². The van der Waals surface area contributed by atoms with Gasteiger partial charge in [-0.3, -0.25) is 10.6 Å². The van der Waals surface area contributed by atoms with Crippen LogP contribution in [-0.4, -0.2) is 26.8 Å². The molecule has 17 heavy (non-hydrogen) atoms. The second-order valence-corrected chi connectivity index (χ2v) is 3.85. The van der Waals surface area contributed by atoms with Gasteiger partial charge in [-0.1, -0.05) is 19.1 Å². The Bertz CT molecular complexity index is 416. The molecule has 1 aromatic rings. The Hall–Kier alpha value is -1.79. The summed E-state index contributed by atoms with van der Waals surface area (Å²) in [5.74, 6) is 3.57. The summed E-state index contributed by atoms with van der Waals surface area (Å²) in [5.41, 5.74) is 1.24. The minimum Gasteiger partial charge on any atom is -0.504 e. The van der Waals surface area contributed by atoms with Crippen LogP contribution in [-0.2, 0) is 11.2 Å². The van der Waals surface area contributed by atoms with Crippen LogP contribution in [0.3, 0.4) is 0 Å². The maximum Gasteiger partial charge on any atom is 0.325 e. The zero-order chi connectivity index (χ0) is 13.1. The van der Waals surface area contributed by atoms with Crippen molar-refractivity contribution in [3.05, 3.63) is 23.8 Å². The lowest BCUT2D eigenvalue weighted by molar-refractivity contribution is -0.145. The number of benzene rings is 1. The number of carboxylic acid groups (broad SMARTS) is 1. The van der Waals surface area contributed by atoms with Crippen LogP contribution in [0.4, 0.5) is 0 Å². The van der Waals surface area contributed by atoms with Crippen molar-refractivity contribution in [1.82, 2.24) is 5.43 Å². The maximum atomic E-state index is 11.2. The quantitative estimate of drug-likeness (QED) is 0.288. The summed E-state index contributed by atoms with van der Waals surface area (Å²) in [7, 11) is 0. The van der Waals surface area contributed by atoms with E-state index in [1.807, 2.05) is 0 Å². The van der Waals surface area contributed by atoms with Gasteiger partial charge in [-0.2, -0.15) is 0 Å². The van der Waals surface area contributed by atoms with Crippen molar-refractivity contribution in [3.63, 3.8) is 0 Å². The van der Waals surface area contributed by atoms with Crippen molar-refractivity contribution in [3.8, 4) is 11.5 Å². The van der Waals surface area contributed by atoms with Crippen molar-refractivity contribution >= 4 is 5.97 Å². The lowest BCUT2D eigenvalue weighted by Gasteiger charge is -2.27. The van der Waals surface area contributed by atoms with Crippen LogP contribution in [0.2, 0.25) is 0 Å². The van der Waals surface area contributed by atoms with Gasteiger partial charge in [0.2, 0.25) is 0 Å².